The minimum absolute atomic E-state index is 0.0998. The first kappa shape index (κ1) is 19.8. The Bertz CT molecular complexity index is 1050. The number of rotatable bonds is 6. The van der Waals surface area contributed by atoms with Crippen molar-refractivity contribution in [2.75, 3.05) is 12.4 Å². The summed E-state index contributed by atoms with van der Waals surface area (Å²) >= 11 is 0. The third-order valence-corrected chi connectivity index (χ3v) is 5.41. The Balaban J connectivity index is 1.52. The Kier molecular flexibility index (Phi) is 5.33. The largest absolute Gasteiger partial charge is 0.381 e. The summed E-state index contributed by atoms with van der Waals surface area (Å²) in [7, 11) is 1.89. The molecule has 1 atom stereocenters. The summed E-state index contributed by atoms with van der Waals surface area (Å²) in [6.07, 6.45) is 0.242. The monoisotopic (exact) mass is 406 g/mol. The lowest BCUT2D eigenvalue weighted by Crippen LogP contribution is -2.54. The van der Waals surface area contributed by atoms with Gasteiger partial charge in [0.15, 0.2) is 0 Å². The molecule has 1 unspecified atom stereocenters. The van der Waals surface area contributed by atoms with Gasteiger partial charge in [0.2, 0.25) is 11.8 Å². The predicted octanol–water partition coefficient (Wildman–Crippen LogP) is 1.42. The maximum atomic E-state index is 12.9. The van der Waals surface area contributed by atoms with Crippen LogP contribution in [-0.2, 0) is 22.7 Å². The van der Waals surface area contributed by atoms with Gasteiger partial charge in [0.25, 0.3) is 11.8 Å². The lowest BCUT2D eigenvalue weighted by atomic mass is 10.0. The SMILES string of the molecule is CNCc1ccccc1CNc1ccc2c(c1)C(=O)N(C1CCC(=O)NC1=O)C2=O. The summed E-state index contributed by atoms with van der Waals surface area (Å²) in [5, 5.41) is 8.64. The average Bonchev–Trinajstić information content (AvgIpc) is 2.98. The number of amides is 4. The minimum Gasteiger partial charge on any atom is -0.381 e. The summed E-state index contributed by atoms with van der Waals surface area (Å²) < 4.78 is 0. The van der Waals surface area contributed by atoms with E-state index >= 15 is 0 Å². The van der Waals surface area contributed by atoms with Gasteiger partial charge in [-0.1, -0.05) is 24.3 Å². The van der Waals surface area contributed by atoms with Gasteiger partial charge < -0.3 is 10.6 Å². The van der Waals surface area contributed by atoms with Crippen LogP contribution in [0.15, 0.2) is 42.5 Å². The van der Waals surface area contributed by atoms with Gasteiger partial charge in [-0.15, -0.1) is 0 Å². The van der Waals surface area contributed by atoms with Crippen molar-refractivity contribution < 1.29 is 19.2 Å². The molecule has 0 bridgehead atoms. The van der Waals surface area contributed by atoms with Crippen molar-refractivity contribution in [2.24, 2.45) is 0 Å². The number of nitrogens with zero attached hydrogens (tertiary/aromatic N) is 1. The van der Waals surface area contributed by atoms with Crippen molar-refractivity contribution >= 4 is 29.3 Å². The molecule has 2 aliphatic heterocycles. The molecular formula is C22H22N4O4. The van der Waals surface area contributed by atoms with E-state index in [4.69, 9.17) is 0 Å². The Morgan fingerprint density at radius 2 is 1.67 bits per heavy atom. The van der Waals surface area contributed by atoms with E-state index in [0.717, 1.165) is 17.0 Å². The molecule has 8 heteroatoms. The zero-order chi connectivity index (χ0) is 21.3. The zero-order valence-corrected chi connectivity index (χ0v) is 16.5. The quantitative estimate of drug-likeness (QED) is 0.627. The highest BCUT2D eigenvalue weighted by Crippen LogP contribution is 2.29. The van der Waals surface area contributed by atoms with Crippen molar-refractivity contribution in [3.8, 4) is 0 Å². The number of piperidine rings is 1. The lowest BCUT2D eigenvalue weighted by molar-refractivity contribution is -0.136. The van der Waals surface area contributed by atoms with Crippen LogP contribution in [0.25, 0.3) is 0 Å². The molecule has 0 spiro atoms. The summed E-state index contributed by atoms with van der Waals surface area (Å²) in [6.45, 7) is 1.31. The van der Waals surface area contributed by atoms with E-state index in [1.807, 2.05) is 25.2 Å². The molecule has 30 heavy (non-hydrogen) atoms. The van der Waals surface area contributed by atoms with Crippen molar-refractivity contribution in [3.05, 3.63) is 64.7 Å². The molecule has 154 valence electrons. The van der Waals surface area contributed by atoms with Crippen LogP contribution in [-0.4, -0.2) is 41.6 Å². The van der Waals surface area contributed by atoms with Crippen LogP contribution in [0.5, 0.6) is 0 Å². The van der Waals surface area contributed by atoms with Crippen molar-refractivity contribution in [1.82, 2.24) is 15.5 Å². The van der Waals surface area contributed by atoms with Gasteiger partial charge in [-0.05, 0) is 42.8 Å². The number of hydrogen-bond donors (Lipinski definition) is 3. The third kappa shape index (κ3) is 3.57. The molecule has 1 fully saturated rings. The van der Waals surface area contributed by atoms with E-state index in [-0.39, 0.29) is 24.0 Å². The van der Waals surface area contributed by atoms with E-state index in [9.17, 15) is 19.2 Å². The molecule has 8 nitrogen and oxygen atoms in total. The molecule has 2 aromatic carbocycles. The maximum absolute atomic E-state index is 12.9. The fraction of sp³-hybridized carbons (Fsp3) is 0.273. The fourth-order valence-electron chi connectivity index (χ4n) is 3.87. The molecule has 4 amide bonds. The number of imide groups is 2. The van der Waals surface area contributed by atoms with Gasteiger partial charge in [0.1, 0.15) is 6.04 Å². The van der Waals surface area contributed by atoms with Gasteiger partial charge in [0.05, 0.1) is 11.1 Å². The summed E-state index contributed by atoms with van der Waals surface area (Å²) in [5.41, 5.74) is 3.53. The van der Waals surface area contributed by atoms with E-state index < -0.39 is 29.7 Å². The first-order valence-electron chi connectivity index (χ1n) is 9.80. The van der Waals surface area contributed by atoms with Gasteiger partial charge in [-0.2, -0.15) is 0 Å². The number of anilines is 1. The van der Waals surface area contributed by atoms with Gasteiger partial charge in [-0.3, -0.25) is 29.4 Å². The highest BCUT2D eigenvalue weighted by atomic mass is 16.2. The molecule has 0 aliphatic carbocycles. The van der Waals surface area contributed by atoms with E-state index in [0.29, 0.717) is 12.2 Å². The Hall–Kier alpha value is -3.52. The van der Waals surface area contributed by atoms with Crippen molar-refractivity contribution in [3.63, 3.8) is 0 Å². The second-order valence-corrected chi connectivity index (χ2v) is 7.36. The lowest BCUT2D eigenvalue weighted by Gasteiger charge is -2.27. The standard InChI is InChI=1S/C22H22N4O4/c1-23-11-13-4-2-3-5-14(13)12-24-15-6-7-16-17(10-15)22(30)26(21(16)29)18-8-9-19(27)25-20(18)28/h2-7,10,18,23-24H,8-9,11-12H2,1H3,(H,25,27,28). The van der Waals surface area contributed by atoms with Crippen LogP contribution < -0.4 is 16.0 Å². The van der Waals surface area contributed by atoms with Crippen LogP contribution in [0, 0.1) is 0 Å². The van der Waals surface area contributed by atoms with E-state index in [1.165, 1.54) is 5.56 Å². The molecular weight excluding hydrogens is 384 g/mol. The van der Waals surface area contributed by atoms with Crippen LogP contribution in [0.1, 0.15) is 44.7 Å². The minimum atomic E-state index is -0.958. The van der Waals surface area contributed by atoms with Gasteiger partial charge >= 0.3 is 0 Å². The van der Waals surface area contributed by atoms with Crippen LogP contribution in [0.4, 0.5) is 5.69 Å². The number of benzene rings is 2. The topological polar surface area (TPSA) is 108 Å². The van der Waals surface area contributed by atoms with Crippen LogP contribution in [0.3, 0.4) is 0 Å². The molecule has 0 aromatic heterocycles. The second kappa shape index (κ2) is 8.08. The Morgan fingerprint density at radius 3 is 2.37 bits per heavy atom. The van der Waals surface area contributed by atoms with E-state index in [1.54, 1.807) is 18.2 Å². The van der Waals surface area contributed by atoms with Crippen LogP contribution in [0.2, 0.25) is 0 Å². The predicted molar refractivity (Wildman–Crippen MR) is 110 cm³/mol. The number of carbonyl (C=O) groups is 4. The molecule has 0 radical (unpaired) electrons. The molecule has 1 saturated heterocycles. The molecule has 2 aliphatic rings. The molecule has 2 aromatic rings. The Morgan fingerprint density at radius 1 is 0.967 bits per heavy atom. The van der Waals surface area contributed by atoms with Crippen LogP contribution >= 0.6 is 0 Å². The van der Waals surface area contributed by atoms with Crippen molar-refractivity contribution in [2.45, 2.75) is 32.0 Å². The molecule has 2 heterocycles. The number of carbonyl (C=O) groups excluding carboxylic acids is 4. The Labute approximate surface area is 173 Å². The van der Waals surface area contributed by atoms with E-state index in [2.05, 4.69) is 22.0 Å². The number of hydrogen-bond acceptors (Lipinski definition) is 6. The normalized spacial score (nSPS) is 18.4. The van der Waals surface area contributed by atoms with Crippen molar-refractivity contribution in [1.29, 1.82) is 0 Å². The van der Waals surface area contributed by atoms with Gasteiger partial charge in [0, 0.05) is 25.2 Å². The smallest absolute Gasteiger partial charge is 0.262 e. The van der Waals surface area contributed by atoms with Gasteiger partial charge in [-0.25, -0.2) is 0 Å². The summed E-state index contributed by atoms with van der Waals surface area (Å²) in [6, 6.07) is 12.1. The first-order valence-corrected chi connectivity index (χ1v) is 9.80. The number of fused-ring (bicyclic) bond motifs is 1. The molecule has 4 rings (SSSR count). The fourth-order valence-corrected chi connectivity index (χ4v) is 3.87. The highest BCUT2D eigenvalue weighted by Gasteiger charge is 2.44. The highest BCUT2D eigenvalue weighted by molar-refractivity contribution is 6.23. The third-order valence-electron chi connectivity index (χ3n) is 5.41. The average molecular weight is 406 g/mol. The first-order chi connectivity index (χ1) is 14.5. The zero-order valence-electron chi connectivity index (χ0n) is 16.5. The maximum Gasteiger partial charge on any atom is 0.262 e. The molecule has 0 saturated carbocycles. The summed E-state index contributed by atoms with van der Waals surface area (Å²) in [5.74, 6) is -2.02. The second-order valence-electron chi connectivity index (χ2n) is 7.36. The summed E-state index contributed by atoms with van der Waals surface area (Å²) in [4.78, 5) is 50.2. The number of nitrogens with one attached hydrogen (secondary N) is 3. The molecule has 3 N–H and O–H groups in total.